The third kappa shape index (κ3) is 3.95. The van der Waals surface area contributed by atoms with Crippen molar-refractivity contribution in [3.63, 3.8) is 0 Å². The fourth-order valence-corrected chi connectivity index (χ4v) is 8.60. The van der Waals surface area contributed by atoms with Crippen molar-refractivity contribution in [2.24, 2.45) is 0 Å². The summed E-state index contributed by atoms with van der Waals surface area (Å²) in [7, 11) is 1.74. The molecule has 0 aliphatic rings. The zero-order chi connectivity index (χ0) is 31.8. The van der Waals surface area contributed by atoms with Crippen LogP contribution < -0.4 is 4.74 Å². The molecule has 5 heteroatoms. The SMILES string of the molecule is COc1ccc2sc3c(c2c1)c1ccccc1c1c3c2c3ccccc3ccc2n1-c1cc(-c2ccccc2)nc(-c2ccccc2)n1. The largest absolute Gasteiger partial charge is 0.497 e. The van der Waals surface area contributed by atoms with E-state index < -0.39 is 0 Å². The topological polar surface area (TPSA) is 39.9 Å². The molecule has 48 heavy (non-hydrogen) atoms. The predicted octanol–water partition coefficient (Wildman–Crippen LogP) is 11.6. The summed E-state index contributed by atoms with van der Waals surface area (Å²) < 4.78 is 10.6. The highest BCUT2D eigenvalue weighted by atomic mass is 32.1. The Hall–Kier alpha value is -6.04. The predicted molar refractivity (Wildman–Crippen MR) is 202 cm³/mol. The molecule has 10 aromatic rings. The van der Waals surface area contributed by atoms with Crippen molar-refractivity contribution < 1.29 is 4.74 Å². The Morgan fingerprint density at radius 1 is 0.562 bits per heavy atom. The van der Waals surface area contributed by atoms with Crippen LogP contribution in [-0.2, 0) is 0 Å². The first-order valence-electron chi connectivity index (χ1n) is 16.0. The van der Waals surface area contributed by atoms with Gasteiger partial charge < -0.3 is 4.74 Å². The molecule has 0 aliphatic heterocycles. The van der Waals surface area contributed by atoms with Crippen molar-refractivity contribution in [3.05, 3.63) is 146 Å². The summed E-state index contributed by atoms with van der Waals surface area (Å²) >= 11 is 1.86. The van der Waals surface area contributed by atoms with E-state index in [1.165, 1.54) is 52.5 Å². The monoisotopic (exact) mass is 633 g/mol. The third-order valence-electron chi connectivity index (χ3n) is 9.48. The highest BCUT2D eigenvalue weighted by Crippen LogP contribution is 2.49. The van der Waals surface area contributed by atoms with Crippen molar-refractivity contribution in [3.8, 4) is 34.2 Å². The smallest absolute Gasteiger partial charge is 0.162 e. The van der Waals surface area contributed by atoms with E-state index in [4.69, 9.17) is 14.7 Å². The maximum Gasteiger partial charge on any atom is 0.162 e. The summed E-state index contributed by atoms with van der Waals surface area (Å²) in [4.78, 5) is 10.5. The summed E-state index contributed by atoms with van der Waals surface area (Å²) in [5.74, 6) is 2.40. The molecular weight excluding hydrogens is 607 g/mol. The van der Waals surface area contributed by atoms with E-state index in [0.717, 1.165) is 39.4 Å². The van der Waals surface area contributed by atoms with Crippen molar-refractivity contribution >= 4 is 74.9 Å². The van der Waals surface area contributed by atoms with Gasteiger partial charge in [0.25, 0.3) is 0 Å². The first-order valence-corrected chi connectivity index (χ1v) is 16.9. The number of hydrogen-bond donors (Lipinski definition) is 0. The zero-order valence-corrected chi connectivity index (χ0v) is 26.8. The first kappa shape index (κ1) is 27.1. The Morgan fingerprint density at radius 2 is 1.27 bits per heavy atom. The minimum atomic E-state index is 0.696. The number of rotatable bonds is 4. The van der Waals surface area contributed by atoms with Crippen LogP contribution in [0.15, 0.2) is 146 Å². The quantitative estimate of drug-likeness (QED) is 0.194. The molecule has 0 unspecified atom stereocenters. The Balaban J connectivity index is 1.45. The minimum Gasteiger partial charge on any atom is -0.497 e. The van der Waals surface area contributed by atoms with E-state index in [9.17, 15) is 0 Å². The standard InChI is InChI=1S/C43H27N3OS/c1-47-29-21-23-36-33(24-29)38-31-18-10-11-19-32(31)41-40(42(38)48-36)39-30-17-9-8-12-26(30)20-22-35(39)46(41)37-25-34(27-13-4-2-5-14-27)44-43(45-37)28-15-6-3-7-16-28/h2-25H,1H3. The molecule has 3 aromatic heterocycles. The van der Waals surface area contributed by atoms with Gasteiger partial charge in [-0.15, -0.1) is 11.3 Å². The molecule has 0 N–H and O–H groups in total. The highest BCUT2D eigenvalue weighted by Gasteiger charge is 2.24. The van der Waals surface area contributed by atoms with Gasteiger partial charge in [-0.05, 0) is 40.4 Å². The Bertz CT molecular complexity index is 2810. The normalized spacial score (nSPS) is 11.9. The van der Waals surface area contributed by atoms with Crippen LogP contribution >= 0.6 is 11.3 Å². The number of ether oxygens (including phenoxy) is 1. The van der Waals surface area contributed by atoms with E-state index in [1.54, 1.807) is 7.11 Å². The second-order valence-electron chi connectivity index (χ2n) is 12.1. The van der Waals surface area contributed by atoms with Crippen LogP contribution in [0.3, 0.4) is 0 Å². The number of nitrogens with zero attached hydrogens (tertiary/aromatic N) is 3. The molecule has 3 heterocycles. The zero-order valence-electron chi connectivity index (χ0n) is 26.0. The molecule has 0 fully saturated rings. The fraction of sp³-hybridized carbons (Fsp3) is 0.0233. The average Bonchev–Trinajstić information content (AvgIpc) is 3.72. The molecule has 0 spiro atoms. The van der Waals surface area contributed by atoms with Crippen LogP contribution in [0.25, 0.3) is 92.0 Å². The van der Waals surface area contributed by atoms with Crippen molar-refractivity contribution in [1.29, 1.82) is 0 Å². The average molecular weight is 634 g/mol. The Kier molecular flexibility index (Phi) is 5.92. The Morgan fingerprint density at radius 3 is 2.06 bits per heavy atom. The summed E-state index contributed by atoms with van der Waals surface area (Å²) in [5.41, 5.74) is 5.19. The number of thiophene rings is 1. The van der Waals surface area contributed by atoms with Crippen LogP contribution in [0.4, 0.5) is 0 Å². The lowest BCUT2D eigenvalue weighted by Gasteiger charge is -2.13. The van der Waals surface area contributed by atoms with E-state index in [0.29, 0.717) is 5.82 Å². The molecule has 0 atom stereocenters. The molecule has 4 nitrogen and oxygen atoms in total. The molecule has 0 aliphatic carbocycles. The van der Waals surface area contributed by atoms with Gasteiger partial charge in [0.15, 0.2) is 5.82 Å². The molecular formula is C43H27N3OS. The van der Waals surface area contributed by atoms with Gasteiger partial charge >= 0.3 is 0 Å². The summed E-state index contributed by atoms with van der Waals surface area (Å²) in [5, 5.41) is 9.81. The summed E-state index contributed by atoms with van der Waals surface area (Å²) in [6.07, 6.45) is 0. The Labute approximate surface area is 280 Å². The van der Waals surface area contributed by atoms with Gasteiger partial charge in [0.2, 0.25) is 0 Å². The van der Waals surface area contributed by atoms with Crippen LogP contribution in [0, 0.1) is 0 Å². The molecule has 0 saturated carbocycles. The molecule has 0 amide bonds. The highest BCUT2D eigenvalue weighted by molar-refractivity contribution is 7.27. The second-order valence-corrected chi connectivity index (χ2v) is 13.2. The molecule has 0 bridgehead atoms. The summed E-state index contributed by atoms with van der Waals surface area (Å²) in [6.45, 7) is 0. The molecule has 7 aromatic carbocycles. The van der Waals surface area contributed by atoms with Gasteiger partial charge in [-0.1, -0.05) is 115 Å². The second kappa shape index (κ2) is 10.5. The number of methoxy groups -OCH3 is 1. The minimum absolute atomic E-state index is 0.696. The van der Waals surface area contributed by atoms with Gasteiger partial charge in [0.05, 0.1) is 23.8 Å². The lowest BCUT2D eigenvalue weighted by atomic mass is 9.98. The lowest BCUT2D eigenvalue weighted by Crippen LogP contribution is -2.02. The number of fused-ring (bicyclic) bond motifs is 12. The van der Waals surface area contributed by atoms with E-state index >= 15 is 0 Å². The van der Waals surface area contributed by atoms with E-state index in [1.807, 2.05) is 35.6 Å². The van der Waals surface area contributed by atoms with Crippen LogP contribution in [0.5, 0.6) is 5.75 Å². The van der Waals surface area contributed by atoms with E-state index in [2.05, 4.69) is 126 Å². The van der Waals surface area contributed by atoms with Crippen molar-refractivity contribution in [1.82, 2.24) is 14.5 Å². The van der Waals surface area contributed by atoms with Gasteiger partial charge in [-0.2, -0.15) is 0 Å². The van der Waals surface area contributed by atoms with Gasteiger partial charge in [0, 0.05) is 53.5 Å². The fourth-order valence-electron chi connectivity index (χ4n) is 7.35. The van der Waals surface area contributed by atoms with Crippen molar-refractivity contribution in [2.45, 2.75) is 0 Å². The third-order valence-corrected chi connectivity index (χ3v) is 10.7. The van der Waals surface area contributed by atoms with Gasteiger partial charge in [-0.3, -0.25) is 4.57 Å². The number of hydrogen-bond acceptors (Lipinski definition) is 4. The van der Waals surface area contributed by atoms with Gasteiger partial charge in [0.1, 0.15) is 11.6 Å². The molecule has 10 rings (SSSR count). The van der Waals surface area contributed by atoms with E-state index in [-0.39, 0.29) is 0 Å². The van der Waals surface area contributed by atoms with Crippen LogP contribution in [-0.4, -0.2) is 21.6 Å². The number of benzene rings is 7. The first-order chi connectivity index (χ1) is 23.8. The number of aromatic nitrogens is 3. The van der Waals surface area contributed by atoms with Crippen LogP contribution in [0.2, 0.25) is 0 Å². The van der Waals surface area contributed by atoms with Crippen LogP contribution in [0.1, 0.15) is 0 Å². The maximum absolute atomic E-state index is 5.71. The maximum atomic E-state index is 5.71. The lowest BCUT2D eigenvalue weighted by molar-refractivity contribution is 0.415. The van der Waals surface area contributed by atoms with Gasteiger partial charge in [-0.25, -0.2) is 9.97 Å². The molecule has 0 radical (unpaired) electrons. The van der Waals surface area contributed by atoms with Crippen molar-refractivity contribution in [2.75, 3.05) is 7.11 Å². The molecule has 0 saturated heterocycles. The molecule has 226 valence electrons. The summed E-state index contributed by atoms with van der Waals surface area (Å²) in [6, 6.07) is 51.3.